The molecule has 1 aromatic heterocycles. The van der Waals surface area contributed by atoms with Crippen LogP contribution in [-0.2, 0) is 4.79 Å². The van der Waals surface area contributed by atoms with Crippen LogP contribution in [0.2, 0.25) is 5.02 Å². The Morgan fingerprint density at radius 1 is 1.04 bits per heavy atom. The molecular weight excluding hydrogens is 394 g/mol. The molecule has 3 aromatic carbocycles. The number of benzene rings is 3. The monoisotopic (exact) mass is 409 g/mol. The highest BCUT2D eigenvalue weighted by Gasteiger charge is 2.17. The van der Waals surface area contributed by atoms with Gasteiger partial charge in [-0.1, -0.05) is 65.4 Å². The Kier molecular flexibility index (Phi) is 5.23. The number of anilines is 1. The van der Waals surface area contributed by atoms with Crippen LogP contribution in [-0.4, -0.2) is 22.2 Å². The Morgan fingerprint density at radius 2 is 1.79 bits per heavy atom. The molecular formula is C21H16ClN3O2S. The molecule has 0 spiro atoms. The quantitative estimate of drug-likeness (QED) is 0.478. The number of nitrogens with zero attached hydrogens (tertiary/aromatic N) is 2. The van der Waals surface area contributed by atoms with Gasteiger partial charge in [-0.15, -0.1) is 10.2 Å². The number of ether oxygens (including phenoxy) is 1. The summed E-state index contributed by atoms with van der Waals surface area (Å²) in [7, 11) is 0. The van der Waals surface area contributed by atoms with E-state index in [0.717, 1.165) is 16.3 Å². The van der Waals surface area contributed by atoms with E-state index in [9.17, 15) is 4.79 Å². The third-order valence-corrected chi connectivity index (χ3v) is 5.29. The molecule has 4 rings (SSSR count). The molecule has 0 aliphatic carbocycles. The number of hydrogen-bond acceptors (Lipinski definition) is 5. The van der Waals surface area contributed by atoms with Gasteiger partial charge < -0.3 is 4.74 Å². The highest BCUT2D eigenvalue weighted by molar-refractivity contribution is 7.18. The maximum absolute atomic E-state index is 12.5. The zero-order chi connectivity index (χ0) is 19.5. The summed E-state index contributed by atoms with van der Waals surface area (Å²) in [4.78, 5) is 12.5. The normalized spacial score (nSPS) is 11.9. The molecule has 5 nitrogen and oxygen atoms in total. The van der Waals surface area contributed by atoms with Crippen LogP contribution >= 0.6 is 22.9 Å². The lowest BCUT2D eigenvalue weighted by Crippen LogP contribution is -2.30. The topological polar surface area (TPSA) is 64.1 Å². The molecule has 1 amide bonds. The Hall–Kier alpha value is -2.96. The molecule has 1 heterocycles. The number of hydrogen-bond donors (Lipinski definition) is 1. The van der Waals surface area contributed by atoms with Gasteiger partial charge in [-0.25, -0.2) is 0 Å². The van der Waals surface area contributed by atoms with Crippen molar-refractivity contribution < 1.29 is 9.53 Å². The van der Waals surface area contributed by atoms with Crippen LogP contribution in [0.3, 0.4) is 0 Å². The van der Waals surface area contributed by atoms with Gasteiger partial charge in [-0.05, 0) is 42.0 Å². The highest BCUT2D eigenvalue weighted by Crippen LogP contribution is 2.27. The van der Waals surface area contributed by atoms with Gasteiger partial charge in [0, 0.05) is 10.6 Å². The van der Waals surface area contributed by atoms with E-state index in [2.05, 4.69) is 15.5 Å². The maximum atomic E-state index is 12.5. The summed E-state index contributed by atoms with van der Waals surface area (Å²) in [5.41, 5.74) is 0.892. The Balaban J connectivity index is 1.42. The first-order valence-corrected chi connectivity index (χ1v) is 9.84. The minimum absolute atomic E-state index is 0.285. The van der Waals surface area contributed by atoms with Crippen LogP contribution in [0.25, 0.3) is 21.3 Å². The Labute approximate surface area is 170 Å². The maximum Gasteiger partial charge on any atom is 0.266 e. The molecule has 0 saturated heterocycles. The lowest BCUT2D eigenvalue weighted by Gasteiger charge is -2.14. The third-order valence-electron chi connectivity index (χ3n) is 4.15. The standard InChI is InChI=1S/C21H16ClN3O2S/c1-13(27-18-11-8-14-4-2-3-5-16(14)12-18)19(26)23-21-25-24-20(28-21)15-6-9-17(22)10-7-15/h2-13H,1H3,(H,23,25,26). The van der Waals surface area contributed by atoms with Gasteiger partial charge in [0.05, 0.1) is 0 Å². The van der Waals surface area contributed by atoms with Crippen LogP contribution in [0.1, 0.15) is 6.92 Å². The number of aromatic nitrogens is 2. The SMILES string of the molecule is CC(Oc1ccc2ccccc2c1)C(=O)Nc1nnc(-c2ccc(Cl)cc2)s1. The summed E-state index contributed by atoms with van der Waals surface area (Å²) in [6.07, 6.45) is -0.677. The van der Waals surface area contributed by atoms with Crippen LogP contribution < -0.4 is 10.1 Å². The zero-order valence-electron chi connectivity index (χ0n) is 14.9. The van der Waals surface area contributed by atoms with Gasteiger partial charge in [0.2, 0.25) is 5.13 Å². The van der Waals surface area contributed by atoms with Crippen molar-refractivity contribution in [1.29, 1.82) is 0 Å². The smallest absolute Gasteiger partial charge is 0.266 e. The van der Waals surface area contributed by atoms with Crippen LogP contribution in [0.4, 0.5) is 5.13 Å². The predicted molar refractivity (Wildman–Crippen MR) is 113 cm³/mol. The molecule has 0 aliphatic rings. The van der Waals surface area contributed by atoms with Crippen molar-refractivity contribution in [3.8, 4) is 16.3 Å². The van der Waals surface area contributed by atoms with E-state index >= 15 is 0 Å². The van der Waals surface area contributed by atoms with Gasteiger partial charge >= 0.3 is 0 Å². The molecule has 0 radical (unpaired) electrons. The third kappa shape index (κ3) is 4.13. The van der Waals surface area contributed by atoms with Crippen molar-refractivity contribution in [1.82, 2.24) is 10.2 Å². The second kappa shape index (κ2) is 7.96. The Morgan fingerprint density at radius 3 is 2.57 bits per heavy atom. The first kappa shape index (κ1) is 18.4. The second-order valence-electron chi connectivity index (χ2n) is 6.18. The zero-order valence-corrected chi connectivity index (χ0v) is 16.5. The summed E-state index contributed by atoms with van der Waals surface area (Å²) in [5.74, 6) is 0.354. The molecule has 0 aliphatic heterocycles. The molecule has 0 saturated carbocycles. The van der Waals surface area contributed by atoms with Gasteiger partial charge in [-0.2, -0.15) is 0 Å². The molecule has 1 atom stereocenters. The first-order chi connectivity index (χ1) is 13.6. The first-order valence-electron chi connectivity index (χ1n) is 8.64. The molecule has 1 N–H and O–H groups in total. The second-order valence-corrected chi connectivity index (χ2v) is 7.59. The molecule has 4 aromatic rings. The molecule has 140 valence electrons. The number of amides is 1. The predicted octanol–water partition coefficient (Wildman–Crippen LogP) is 5.42. The van der Waals surface area contributed by atoms with Crippen molar-refractivity contribution in [2.45, 2.75) is 13.0 Å². The highest BCUT2D eigenvalue weighted by atomic mass is 35.5. The minimum atomic E-state index is -0.677. The van der Waals surface area contributed by atoms with Crippen LogP contribution in [0, 0.1) is 0 Å². The van der Waals surface area contributed by atoms with Crippen molar-refractivity contribution in [2.24, 2.45) is 0 Å². The van der Waals surface area contributed by atoms with E-state index in [4.69, 9.17) is 16.3 Å². The average Bonchev–Trinajstić information content (AvgIpc) is 3.17. The fourth-order valence-corrected chi connectivity index (χ4v) is 3.57. The van der Waals surface area contributed by atoms with E-state index in [1.54, 1.807) is 19.1 Å². The fourth-order valence-electron chi connectivity index (χ4n) is 2.69. The van der Waals surface area contributed by atoms with Crippen molar-refractivity contribution in [3.63, 3.8) is 0 Å². The number of carbonyl (C=O) groups excluding carboxylic acids is 1. The number of nitrogens with one attached hydrogen (secondary N) is 1. The number of rotatable bonds is 5. The van der Waals surface area contributed by atoms with Gasteiger partial charge in [0.1, 0.15) is 10.8 Å². The van der Waals surface area contributed by atoms with E-state index in [1.165, 1.54) is 11.3 Å². The van der Waals surface area contributed by atoms with E-state index in [1.807, 2.05) is 54.6 Å². The van der Waals surface area contributed by atoms with Gasteiger partial charge in [0.15, 0.2) is 6.10 Å². The summed E-state index contributed by atoms with van der Waals surface area (Å²) in [6.45, 7) is 1.70. The average molecular weight is 410 g/mol. The van der Waals surface area contributed by atoms with Crippen LogP contribution in [0.15, 0.2) is 66.7 Å². The lowest BCUT2D eigenvalue weighted by molar-refractivity contribution is -0.122. The number of fused-ring (bicyclic) bond motifs is 1. The summed E-state index contributed by atoms with van der Waals surface area (Å²) in [6, 6.07) is 21.0. The van der Waals surface area contributed by atoms with Crippen LogP contribution in [0.5, 0.6) is 5.75 Å². The molecule has 7 heteroatoms. The van der Waals surface area contributed by atoms with Crippen molar-refractivity contribution in [2.75, 3.05) is 5.32 Å². The lowest BCUT2D eigenvalue weighted by atomic mass is 10.1. The molecule has 0 fully saturated rings. The van der Waals surface area contributed by atoms with Gasteiger partial charge in [0.25, 0.3) is 5.91 Å². The minimum Gasteiger partial charge on any atom is -0.481 e. The summed E-state index contributed by atoms with van der Waals surface area (Å²) >= 11 is 7.20. The summed E-state index contributed by atoms with van der Waals surface area (Å²) in [5, 5.41) is 14.9. The van der Waals surface area contributed by atoms with E-state index < -0.39 is 6.10 Å². The summed E-state index contributed by atoms with van der Waals surface area (Å²) < 4.78 is 5.79. The molecule has 1 unspecified atom stereocenters. The number of halogens is 1. The largest absolute Gasteiger partial charge is 0.481 e. The number of carbonyl (C=O) groups is 1. The van der Waals surface area contributed by atoms with Crippen molar-refractivity contribution >= 4 is 44.7 Å². The van der Waals surface area contributed by atoms with Crippen molar-refractivity contribution in [3.05, 3.63) is 71.8 Å². The van der Waals surface area contributed by atoms with E-state index in [-0.39, 0.29) is 5.91 Å². The molecule has 28 heavy (non-hydrogen) atoms. The fraction of sp³-hybridized carbons (Fsp3) is 0.0952. The van der Waals surface area contributed by atoms with E-state index in [0.29, 0.717) is 20.9 Å². The molecule has 0 bridgehead atoms. The Bertz CT molecular complexity index is 1130. The van der Waals surface area contributed by atoms with Gasteiger partial charge in [-0.3, -0.25) is 10.1 Å².